The number of nitrogens with one attached hydrogen (secondary N) is 1. The van der Waals surface area contributed by atoms with Gasteiger partial charge in [0.1, 0.15) is 35.9 Å². The van der Waals surface area contributed by atoms with Gasteiger partial charge < -0.3 is 35.1 Å². The number of aromatic nitrogens is 3. The second kappa shape index (κ2) is 13.0. The maximum absolute atomic E-state index is 15.3. The number of aryl methyl sites for hydroxylation is 2. The van der Waals surface area contributed by atoms with Crippen molar-refractivity contribution < 1.29 is 23.5 Å². The second-order valence-electron chi connectivity index (χ2n) is 10.7. The van der Waals surface area contributed by atoms with Crippen LogP contribution in [0.2, 0.25) is 0 Å². The highest BCUT2D eigenvalue weighted by Crippen LogP contribution is 2.36. The molecule has 11 nitrogen and oxygen atoms in total. The summed E-state index contributed by atoms with van der Waals surface area (Å²) >= 11 is 0. The van der Waals surface area contributed by atoms with Crippen molar-refractivity contribution in [1.82, 2.24) is 20.4 Å². The maximum Gasteiger partial charge on any atom is 0.165 e. The Morgan fingerprint density at radius 2 is 2.02 bits per heavy atom. The Morgan fingerprint density at radius 3 is 2.74 bits per heavy atom. The van der Waals surface area contributed by atoms with Gasteiger partial charge in [-0.3, -0.25) is 4.99 Å². The van der Waals surface area contributed by atoms with Crippen LogP contribution in [0.15, 0.2) is 39.0 Å². The maximum atomic E-state index is 15.3. The number of halogens is 1. The molecule has 5 rings (SSSR count). The topological polar surface area (TPSA) is 144 Å². The quantitative estimate of drug-likeness (QED) is 0.307. The Balaban J connectivity index is 1.51. The zero-order valence-electron chi connectivity index (χ0n) is 24.5. The normalized spacial score (nSPS) is 17.0. The zero-order chi connectivity index (χ0) is 29.8. The Bertz CT molecular complexity index is 1460. The van der Waals surface area contributed by atoms with E-state index in [2.05, 4.69) is 15.4 Å². The summed E-state index contributed by atoms with van der Waals surface area (Å²) in [6, 6.07) is 4.61. The van der Waals surface area contributed by atoms with Crippen LogP contribution in [0, 0.1) is 26.6 Å². The van der Waals surface area contributed by atoms with Crippen molar-refractivity contribution in [1.29, 1.82) is 0 Å². The van der Waals surface area contributed by atoms with E-state index in [0.717, 1.165) is 42.8 Å². The molecule has 0 amide bonds. The van der Waals surface area contributed by atoms with E-state index in [0.29, 0.717) is 54.0 Å². The van der Waals surface area contributed by atoms with Crippen LogP contribution in [0.3, 0.4) is 0 Å². The molecule has 1 atom stereocenters. The van der Waals surface area contributed by atoms with Crippen molar-refractivity contribution in [2.24, 2.45) is 10.7 Å². The Morgan fingerprint density at radius 1 is 1.24 bits per heavy atom. The number of rotatable bonds is 10. The first-order chi connectivity index (χ1) is 20.2. The van der Waals surface area contributed by atoms with E-state index in [-0.39, 0.29) is 24.0 Å². The molecule has 12 heteroatoms. The number of nitrogens with two attached hydrogens (primary N) is 1. The van der Waals surface area contributed by atoms with Gasteiger partial charge in [-0.1, -0.05) is 5.16 Å². The van der Waals surface area contributed by atoms with Gasteiger partial charge in [-0.15, -0.1) is 0 Å². The minimum Gasteiger partial charge on any atom is -0.491 e. The number of aliphatic imine (C=N–C) groups is 1. The van der Waals surface area contributed by atoms with Crippen LogP contribution in [0.25, 0.3) is 22.6 Å². The average molecular weight is 580 g/mol. The fourth-order valence-electron chi connectivity index (χ4n) is 5.22. The van der Waals surface area contributed by atoms with Gasteiger partial charge in [0.2, 0.25) is 0 Å². The summed E-state index contributed by atoms with van der Waals surface area (Å²) in [5, 5.41) is 17.1. The lowest BCUT2D eigenvalue weighted by atomic mass is 10.0. The smallest absolute Gasteiger partial charge is 0.165 e. The number of aliphatic hydroxyl groups excluding tert-OH is 1. The number of ether oxygens (including phenoxy) is 2. The van der Waals surface area contributed by atoms with Gasteiger partial charge in [0.25, 0.3) is 0 Å². The lowest BCUT2D eigenvalue weighted by Gasteiger charge is -2.22. The summed E-state index contributed by atoms with van der Waals surface area (Å²) in [6.45, 7) is 8.41. The number of nitrogens with zero attached hydrogens (tertiary/aromatic N) is 5. The van der Waals surface area contributed by atoms with Crippen molar-refractivity contribution >= 4 is 12.0 Å². The molecule has 1 aromatic carbocycles. The van der Waals surface area contributed by atoms with Gasteiger partial charge in [-0.05, 0) is 58.9 Å². The number of hydrogen-bond acceptors (Lipinski definition) is 11. The highest BCUT2D eigenvalue weighted by Gasteiger charge is 2.27. The van der Waals surface area contributed by atoms with Crippen molar-refractivity contribution in [3.63, 3.8) is 0 Å². The molecule has 2 aromatic heterocycles. The van der Waals surface area contributed by atoms with E-state index >= 15 is 4.39 Å². The van der Waals surface area contributed by atoms with Crippen LogP contribution in [0.1, 0.15) is 29.9 Å². The molecular formula is C30H38FN7O4. The first-order valence-electron chi connectivity index (χ1n) is 14.2. The first kappa shape index (κ1) is 29.6. The van der Waals surface area contributed by atoms with Gasteiger partial charge in [-0.25, -0.2) is 14.4 Å². The number of likely N-dealkylation sites (N-methyl/N-ethyl adjacent to an activating group) is 1. The van der Waals surface area contributed by atoms with E-state index in [1.54, 1.807) is 13.1 Å². The standard InChI is InChI=1S/C30H38FN7O4/c1-17-28(27-18(2)37-42-19(27)3)35-29(24-11-23(5-6-25(24)31)41-16-22(39)13-33-4)36-30(17)38-14-20(26(32)15-38)12-34-21-7-9-40-10-8-21/h5-6,11-12,21-22,33,39H,7-10,13-16,32H2,1-4H3/t22-/m1/s1. The van der Waals surface area contributed by atoms with Crippen molar-refractivity contribution in [3.8, 4) is 28.4 Å². The second-order valence-corrected chi connectivity index (χ2v) is 10.7. The molecular weight excluding hydrogens is 541 g/mol. The molecule has 2 aliphatic rings. The van der Waals surface area contributed by atoms with E-state index in [9.17, 15) is 5.11 Å². The van der Waals surface area contributed by atoms with Gasteiger partial charge in [0, 0.05) is 49.4 Å². The number of aliphatic hydroxyl groups is 1. The van der Waals surface area contributed by atoms with E-state index < -0.39 is 11.9 Å². The third-order valence-electron chi connectivity index (χ3n) is 7.52. The minimum absolute atomic E-state index is 0.0488. The number of benzene rings is 1. The zero-order valence-corrected chi connectivity index (χ0v) is 24.5. The molecule has 0 radical (unpaired) electrons. The summed E-state index contributed by atoms with van der Waals surface area (Å²) in [5.74, 6) is 1.31. The molecule has 0 aliphatic carbocycles. The minimum atomic E-state index is -0.714. The predicted molar refractivity (Wildman–Crippen MR) is 158 cm³/mol. The summed E-state index contributed by atoms with van der Waals surface area (Å²) < 4.78 is 32.0. The average Bonchev–Trinajstić information content (AvgIpc) is 3.52. The molecule has 1 saturated heterocycles. The summed E-state index contributed by atoms with van der Waals surface area (Å²) in [5.41, 5.74) is 11.1. The fraction of sp³-hybridized carbons (Fsp3) is 0.467. The van der Waals surface area contributed by atoms with E-state index in [4.69, 9.17) is 34.7 Å². The number of anilines is 1. The molecule has 224 valence electrons. The first-order valence-corrected chi connectivity index (χ1v) is 14.2. The molecule has 2 aliphatic heterocycles. The Labute approximate surface area is 244 Å². The van der Waals surface area contributed by atoms with Crippen LogP contribution >= 0.6 is 0 Å². The lowest BCUT2D eigenvalue weighted by Crippen LogP contribution is -2.29. The molecule has 0 unspecified atom stereocenters. The molecule has 0 spiro atoms. The molecule has 0 saturated carbocycles. The third kappa shape index (κ3) is 6.45. The summed E-state index contributed by atoms with van der Waals surface area (Å²) in [6.07, 6.45) is 2.95. The van der Waals surface area contributed by atoms with Crippen molar-refractivity contribution in [3.05, 3.63) is 52.3 Å². The van der Waals surface area contributed by atoms with Gasteiger partial charge in [0.05, 0.1) is 35.1 Å². The van der Waals surface area contributed by atoms with E-state index in [1.165, 1.54) is 12.1 Å². The highest BCUT2D eigenvalue weighted by atomic mass is 19.1. The van der Waals surface area contributed by atoms with E-state index in [1.807, 2.05) is 27.0 Å². The van der Waals surface area contributed by atoms with Crippen LogP contribution in [-0.2, 0) is 4.74 Å². The summed E-state index contributed by atoms with van der Waals surface area (Å²) in [4.78, 5) is 16.5. The monoisotopic (exact) mass is 579 g/mol. The number of hydrogen-bond donors (Lipinski definition) is 3. The molecule has 42 heavy (non-hydrogen) atoms. The van der Waals surface area contributed by atoms with Gasteiger partial charge in [-0.2, -0.15) is 0 Å². The molecule has 1 fully saturated rings. The predicted octanol–water partition coefficient (Wildman–Crippen LogP) is 3.10. The molecule has 0 bridgehead atoms. The largest absolute Gasteiger partial charge is 0.491 e. The summed E-state index contributed by atoms with van der Waals surface area (Å²) in [7, 11) is 1.74. The Hall–Kier alpha value is -3.87. The SMILES string of the molecule is CNC[C@@H](O)COc1ccc(F)c(-c2nc(-c3c(C)noc3C)c(C)c(N3CC(N)=C(C=NC4CCOCC4)C3)n2)c1. The lowest BCUT2D eigenvalue weighted by molar-refractivity contribution is 0.0872. The van der Waals surface area contributed by atoms with Crippen LogP contribution in [-0.4, -0.2) is 85.1 Å². The highest BCUT2D eigenvalue weighted by molar-refractivity contribution is 5.84. The Kier molecular flexibility index (Phi) is 9.15. The van der Waals surface area contributed by atoms with Gasteiger partial charge in [0.15, 0.2) is 5.82 Å². The third-order valence-corrected chi connectivity index (χ3v) is 7.52. The van der Waals surface area contributed by atoms with Crippen LogP contribution in [0.4, 0.5) is 10.2 Å². The molecule has 4 heterocycles. The molecule has 3 aromatic rings. The van der Waals surface area contributed by atoms with Crippen molar-refractivity contribution in [2.75, 3.05) is 51.4 Å². The van der Waals surface area contributed by atoms with Crippen LogP contribution < -0.4 is 20.7 Å². The van der Waals surface area contributed by atoms with Crippen LogP contribution in [0.5, 0.6) is 5.75 Å². The van der Waals surface area contributed by atoms with Crippen molar-refractivity contribution in [2.45, 2.75) is 45.8 Å². The fourth-order valence-corrected chi connectivity index (χ4v) is 5.22. The molecule has 4 N–H and O–H groups in total. The van der Waals surface area contributed by atoms with Gasteiger partial charge >= 0.3 is 0 Å².